The Morgan fingerprint density at radius 1 is 1.25 bits per heavy atom. The molecule has 0 heterocycles. The van der Waals surface area contributed by atoms with Gasteiger partial charge in [0, 0.05) is 11.6 Å². The van der Waals surface area contributed by atoms with Crippen LogP contribution in [0.1, 0.15) is 37.6 Å². The van der Waals surface area contributed by atoms with Gasteiger partial charge in [-0.05, 0) is 39.0 Å². The first-order valence-corrected chi connectivity index (χ1v) is 6.55. The first-order chi connectivity index (χ1) is 9.43. The van der Waals surface area contributed by atoms with E-state index in [1.165, 1.54) is 14.0 Å². The molecular weight excluding hydrogens is 258 g/mol. The van der Waals surface area contributed by atoms with Crippen LogP contribution in [0, 0.1) is 0 Å². The van der Waals surface area contributed by atoms with Gasteiger partial charge in [0.05, 0.1) is 20.1 Å². The number of hydrogen-bond donors (Lipinski definition) is 1. The zero-order chi connectivity index (χ0) is 15.1. The summed E-state index contributed by atoms with van der Waals surface area (Å²) < 4.78 is 10.7. The Morgan fingerprint density at radius 2 is 1.95 bits per heavy atom. The molecule has 110 valence electrons. The molecule has 0 aliphatic heterocycles. The van der Waals surface area contributed by atoms with Crippen molar-refractivity contribution in [2.24, 2.45) is 0 Å². The Hall–Kier alpha value is -2.04. The number of rotatable bonds is 7. The molecule has 1 amide bonds. The quantitative estimate of drug-likeness (QED) is 0.777. The van der Waals surface area contributed by atoms with Gasteiger partial charge in [0.2, 0.25) is 5.91 Å². The minimum Gasteiger partial charge on any atom is -0.493 e. The Kier molecular flexibility index (Phi) is 6.03. The summed E-state index contributed by atoms with van der Waals surface area (Å²) in [5.74, 6) is 0.919. The van der Waals surface area contributed by atoms with Gasteiger partial charge in [-0.1, -0.05) is 0 Å². The Bertz CT molecular complexity index is 483. The maximum Gasteiger partial charge on any atom is 0.223 e. The van der Waals surface area contributed by atoms with Gasteiger partial charge in [-0.3, -0.25) is 9.59 Å². The molecule has 1 N–H and O–H groups in total. The fourth-order valence-corrected chi connectivity index (χ4v) is 1.65. The van der Waals surface area contributed by atoms with Gasteiger partial charge in [-0.2, -0.15) is 0 Å². The molecule has 0 saturated carbocycles. The van der Waals surface area contributed by atoms with Gasteiger partial charge in [0.1, 0.15) is 0 Å². The molecule has 1 rings (SSSR count). The number of ketones is 1. The van der Waals surface area contributed by atoms with Gasteiger partial charge < -0.3 is 14.8 Å². The molecule has 20 heavy (non-hydrogen) atoms. The first-order valence-electron chi connectivity index (χ1n) is 6.55. The van der Waals surface area contributed by atoms with Crippen LogP contribution in [-0.2, 0) is 4.79 Å². The van der Waals surface area contributed by atoms with Crippen molar-refractivity contribution in [3.63, 3.8) is 0 Å². The molecule has 0 aliphatic rings. The van der Waals surface area contributed by atoms with E-state index in [1.54, 1.807) is 18.2 Å². The monoisotopic (exact) mass is 279 g/mol. The van der Waals surface area contributed by atoms with Gasteiger partial charge >= 0.3 is 0 Å². The Balaban J connectivity index is 2.60. The number of amides is 1. The van der Waals surface area contributed by atoms with Gasteiger partial charge in [-0.25, -0.2) is 0 Å². The van der Waals surface area contributed by atoms with Crippen LogP contribution in [0.25, 0.3) is 0 Å². The summed E-state index contributed by atoms with van der Waals surface area (Å²) >= 11 is 0. The van der Waals surface area contributed by atoms with Crippen LogP contribution in [0.4, 0.5) is 0 Å². The van der Waals surface area contributed by atoms with Gasteiger partial charge in [-0.15, -0.1) is 0 Å². The fourth-order valence-electron chi connectivity index (χ4n) is 1.65. The minimum atomic E-state index is -0.0562. The molecule has 5 heteroatoms. The van der Waals surface area contributed by atoms with E-state index >= 15 is 0 Å². The summed E-state index contributed by atoms with van der Waals surface area (Å²) in [4.78, 5) is 22.8. The van der Waals surface area contributed by atoms with E-state index in [2.05, 4.69) is 5.32 Å². The number of hydrogen-bond acceptors (Lipinski definition) is 4. The van der Waals surface area contributed by atoms with Crippen molar-refractivity contribution >= 4 is 11.7 Å². The van der Waals surface area contributed by atoms with E-state index in [1.807, 2.05) is 13.8 Å². The number of Topliss-reactive ketones (excluding diaryl/α,β-unsaturated/α-hetero) is 1. The third kappa shape index (κ3) is 4.91. The van der Waals surface area contributed by atoms with Crippen LogP contribution in [0.5, 0.6) is 11.5 Å². The molecule has 0 aliphatic carbocycles. The van der Waals surface area contributed by atoms with Crippen LogP contribution >= 0.6 is 0 Å². The van der Waals surface area contributed by atoms with Crippen molar-refractivity contribution in [1.82, 2.24) is 5.32 Å². The van der Waals surface area contributed by atoms with E-state index < -0.39 is 0 Å². The number of benzene rings is 1. The molecule has 0 saturated heterocycles. The van der Waals surface area contributed by atoms with Crippen LogP contribution < -0.4 is 14.8 Å². The fraction of sp³-hybridized carbons (Fsp3) is 0.467. The maximum absolute atomic E-state index is 11.5. The third-order valence-corrected chi connectivity index (χ3v) is 2.61. The second-order valence-corrected chi connectivity index (χ2v) is 4.74. The highest BCUT2D eigenvalue weighted by Gasteiger charge is 2.09. The lowest BCUT2D eigenvalue weighted by atomic mass is 10.1. The molecular formula is C15H21NO4. The van der Waals surface area contributed by atoms with E-state index in [0.29, 0.717) is 17.1 Å². The van der Waals surface area contributed by atoms with Crippen LogP contribution in [0.15, 0.2) is 18.2 Å². The predicted octanol–water partition coefficient (Wildman–Crippen LogP) is 2.19. The Morgan fingerprint density at radius 3 is 2.50 bits per heavy atom. The summed E-state index contributed by atoms with van der Waals surface area (Å²) in [5.41, 5.74) is 0.562. The second kappa shape index (κ2) is 7.53. The van der Waals surface area contributed by atoms with Crippen molar-refractivity contribution in [3.05, 3.63) is 23.8 Å². The van der Waals surface area contributed by atoms with Crippen LogP contribution in [0.2, 0.25) is 0 Å². The SMILES string of the molecule is COc1cc(C(C)=O)ccc1OCCC(=O)NC(C)C. The van der Waals surface area contributed by atoms with Crippen molar-refractivity contribution in [2.45, 2.75) is 33.2 Å². The molecule has 0 bridgehead atoms. The number of nitrogens with one attached hydrogen (secondary N) is 1. The molecule has 5 nitrogen and oxygen atoms in total. The Labute approximate surface area is 119 Å². The first kappa shape index (κ1) is 16.0. The molecule has 0 aromatic heterocycles. The molecule has 0 unspecified atom stereocenters. The molecule has 0 fully saturated rings. The van der Waals surface area contributed by atoms with Gasteiger partial charge in [0.25, 0.3) is 0 Å². The molecule has 0 spiro atoms. The number of ether oxygens (including phenoxy) is 2. The second-order valence-electron chi connectivity index (χ2n) is 4.74. The highest BCUT2D eigenvalue weighted by molar-refractivity contribution is 5.94. The summed E-state index contributed by atoms with van der Waals surface area (Å²) in [6.45, 7) is 5.56. The standard InChI is InChI=1S/C15H21NO4/c1-10(2)16-15(18)7-8-20-13-6-5-12(11(3)17)9-14(13)19-4/h5-6,9-10H,7-8H2,1-4H3,(H,16,18). The van der Waals surface area contributed by atoms with Crippen molar-refractivity contribution < 1.29 is 19.1 Å². The van der Waals surface area contributed by atoms with Crippen LogP contribution in [0.3, 0.4) is 0 Å². The molecule has 1 aromatic carbocycles. The summed E-state index contributed by atoms with van der Waals surface area (Å²) in [7, 11) is 1.51. The van der Waals surface area contributed by atoms with E-state index in [-0.39, 0.29) is 30.8 Å². The maximum atomic E-state index is 11.5. The zero-order valence-electron chi connectivity index (χ0n) is 12.4. The van der Waals surface area contributed by atoms with Gasteiger partial charge in [0.15, 0.2) is 17.3 Å². The molecule has 1 aromatic rings. The lowest BCUT2D eigenvalue weighted by Gasteiger charge is -2.12. The average molecular weight is 279 g/mol. The smallest absolute Gasteiger partial charge is 0.223 e. The summed E-state index contributed by atoms with van der Waals surface area (Å²) in [6.07, 6.45) is 0.274. The van der Waals surface area contributed by atoms with E-state index in [0.717, 1.165) is 0 Å². The van der Waals surface area contributed by atoms with Crippen molar-refractivity contribution in [1.29, 1.82) is 0 Å². The minimum absolute atomic E-state index is 0.0360. The predicted molar refractivity (Wildman–Crippen MR) is 76.4 cm³/mol. The van der Waals surface area contributed by atoms with E-state index in [9.17, 15) is 9.59 Å². The number of methoxy groups -OCH3 is 1. The third-order valence-electron chi connectivity index (χ3n) is 2.61. The van der Waals surface area contributed by atoms with Crippen LogP contribution in [-0.4, -0.2) is 31.4 Å². The topological polar surface area (TPSA) is 64.6 Å². The molecule has 0 atom stereocenters. The highest BCUT2D eigenvalue weighted by Crippen LogP contribution is 2.28. The zero-order valence-corrected chi connectivity index (χ0v) is 12.4. The normalized spacial score (nSPS) is 10.2. The number of carbonyl (C=O) groups is 2. The average Bonchev–Trinajstić information content (AvgIpc) is 2.37. The van der Waals surface area contributed by atoms with E-state index in [4.69, 9.17) is 9.47 Å². The number of carbonyl (C=O) groups excluding carboxylic acids is 2. The summed E-state index contributed by atoms with van der Waals surface area (Å²) in [5, 5.41) is 2.79. The highest BCUT2D eigenvalue weighted by atomic mass is 16.5. The lowest BCUT2D eigenvalue weighted by Crippen LogP contribution is -2.31. The van der Waals surface area contributed by atoms with Crippen molar-refractivity contribution in [3.8, 4) is 11.5 Å². The summed E-state index contributed by atoms with van der Waals surface area (Å²) in [6, 6.07) is 5.10. The molecule has 0 radical (unpaired) electrons. The lowest BCUT2D eigenvalue weighted by molar-refractivity contribution is -0.122. The largest absolute Gasteiger partial charge is 0.493 e. The van der Waals surface area contributed by atoms with Crippen molar-refractivity contribution in [2.75, 3.05) is 13.7 Å².